The van der Waals surface area contributed by atoms with Gasteiger partial charge in [-0.05, 0) is 38.1 Å². The van der Waals surface area contributed by atoms with Crippen molar-refractivity contribution in [3.05, 3.63) is 77.0 Å². The van der Waals surface area contributed by atoms with E-state index in [1.54, 1.807) is 19.1 Å². The summed E-state index contributed by atoms with van der Waals surface area (Å²) in [6.45, 7) is 3.56. The number of nitrogens with one attached hydrogen (secondary N) is 1. The van der Waals surface area contributed by atoms with Crippen molar-refractivity contribution in [1.82, 2.24) is 0 Å². The molecule has 0 aliphatic carbocycles. The predicted molar refractivity (Wildman–Crippen MR) is 89.2 cm³/mol. The lowest BCUT2D eigenvalue weighted by Crippen LogP contribution is -2.24. The van der Waals surface area contributed by atoms with E-state index in [4.69, 9.17) is 9.47 Å². The molecule has 1 aliphatic rings. The molecule has 1 heterocycles. The van der Waals surface area contributed by atoms with E-state index in [-0.39, 0.29) is 0 Å². The molecule has 0 saturated carbocycles. The van der Waals surface area contributed by atoms with Gasteiger partial charge in [0.25, 0.3) is 6.29 Å². The van der Waals surface area contributed by atoms with Gasteiger partial charge in [0.1, 0.15) is 5.70 Å². The predicted octanol–water partition coefficient (Wildman–Crippen LogP) is 3.42. The summed E-state index contributed by atoms with van der Waals surface area (Å²) < 4.78 is 10.5. The second-order valence-corrected chi connectivity index (χ2v) is 5.54. The molecule has 1 aliphatic heterocycles. The Kier molecular flexibility index (Phi) is 4.33. The maximum absolute atomic E-state index is 12.3. The van der Waals surface area contributed by atoms with Crippen molar-refractivity contribution in [2.75, 3.05) is 5.32 Å². The minimum absolute atomic E-state index is 0.389. The lowest BCUT2D eigenvalue weighted by molar-refractivity contribution is -0.152. The molecule has 2 aromatic carbocycles. The molecule has 0 fully saturated rings. The quantitative estimate of drug-likeness (QED) is 0.873. The maximum Gasteiger partial charge on any atom is 0.341 e. The molecule has 1 unspecified atom stereocenters. The van der Waals surface area contributed by atoms with Crippen molar-refractivity contribution in [2.45, 2.75) is 20.1 Å². The molecule has 1 N–H and O–H groups in total. The molecule has 24 heavy (non-hydrogen) atoms. The standard InChI is InChI=1S/C19H17NO4/c1-12-8-10-14(11-9-12)18(22)24-19-16(13(2)17(21)23-19)20-15-6-4-3-5-7-15/h3-11,19-20H,1-2H3. The lowest BCUT2D eigenvalue weighted by atomic mass is 10.1. The van der Waals surface area contributed by atoms with Gasteiger partial charge in [-0.1, -0.05) is 35.9 Å². The summed E-state index contributed by atoms with van der Waals surface area (Å²) in [5.74, 6) is -1.05. The van der Waals surface area contributed by atoms with Crippen molar-refractivity contribution in [3.63, 3.8) is 0 Å². The van der Waals surface area contributed by atoms with Crippen LogP contribution < -0.4 is 5.32 Å². The Morgan fingerprint density at radius 1 is 1.04 bits per heavy atom. The third-order valence-corrected chi connectivity index (χ3v) is 3.71. The van der Waals surface area contributed by atoms with Crippen molar-refractivity contribution in [1.29, 1.82) is 0 Å². The average molecular weight is 323 g/mol. The van der Waals surface area contributed by atoms with Gasteiger partial charge in [0, 0.05) is 5.69 Å². The molecule has 0 amide bonds. The summed E-state index contributed by atoms with van der Waals surface area (Å²) in [4.78, 5) is 24.1. The van der Waals surface area contributed by atoms with Crippen LogP contribution in [0.2, 0.25) is 0 Å². The van der Waals surface area contributed by atoms with Crippen LogP contribution in [0.1, 0.15) is 22.8 Å². The second-order valence-electron chi connectivity index (χ2n) is 5.54. The van der Waals surface area contributed by atoms with E-state index in [0.29, 0.717) is 16.8 Å². The van der Waals surface area contributed by atoms with Crippen LogP contribution in [0.5, 0.6) is 0 Å². The molecule has 0 spiro atoms. The Hall–Kier alpha value is -3.08. The summed E-state index contributed by atoms with van der Waals surface area (Å²) in [5, 5.41) is 3.09. The minimum atomic E-state index is -1.08. The van der Waals surface area contributed by atoms with Crippen LogP contribution in [0.15, 0.2) is 65.9 Å². The average Bonchev–Trinajstić information content (AvgIpc) is 2.84. The van der Waals surface area contributed by atoms with Crippen molar-refractivity contribution >= 4 is 17.6 Å². The van der Waals surface area contributed by atoms with E-state index < -0.39 is 18.2 Å². The minimum Gasteiger partial charge on any atom is -0.416 e. The second kappa shape index (κ2) is 6.58. The topological polar surface area (TPSA) is 64.6 Å². The molecule has 0 radical (unpaired) electrons. The van der Waals surface area contributed by atoms with Gasteiger partial charge in [-0.25, -0.2) is 9.59 Å². The van der Waals surface area contributed by atoms with E-state index in [1.807, 2.05) is 49.4 Å². The van der Waals surface area contributed by atoms with Gasteiger partial charge in [-0.3, -0.25) is 0 Å². The van der Waals surface area contributed by atoms with E-state index in [2.05, 4.69) is 5.32 Å². The molecule has 5 heteroatoms. The Morgan fingerprint density at radius 2 is 1.71 bits per heavy atom. The Morgan fingerprint density at radius 3 is 2.38 bits per heavy atom. The lowest BCUT2D eigenvalue weighted by Gasteiger charge is -2.16. The third kappa shape index (κ3) is 3.30. The van der Waals surface area contributed by atoms with E-state index in [9.17, 15) is 9.59 Å². The maximum atomic E-state index is 12.3. The Bertz CT molecular complexity index is 794. The van der Waals surface area contributed by atoms with Crippen LogP contribution >= 0.6 is 0 Å². The van der Waals surface area contributed by atoms with Crippen LogP contribution in [0.3, 0.4) is 0 Å². The van der Waals surface area contributed by atoms with E-state index in [0.717, 1.165) is 11.3 Å². The zero-order chi connectivity index (χ0) is 17.1. The van der Waals surface area contributed by atoms with Crippen LogP contribution in [-0.2, 0) is 14.3 Å². The number of aryl methyl sites for hydroxylation is 1. The molecule has 0 saturated heterocycles. The van der Waals surface area contributed by atoms with Gasteiger partial charge in [0.2, 0.25) is 0 Å². The van der Waals surface area contributed by atoms with Crippen molar-refractivity contribution in [3.8, 4) is 0 Å². The molecule has 5 nitrogen and oxygen atoms in total. The van der Waals surface area contributed by atoms with Crippen LogP contribution in [0.25, 0.3) is 0 Å². The number of anilines is 1. The normalized spacial score (nSPS) is 16.8. The molecule has 2 aromatic rings. The zero-order valence-electron chi connectivity index (χ0n) is 13.4. The molecule has 0 bridgehead atoms. The first-order chi connectivity index (χ1) is 11.5. The van der Waals surface area contributed by atoms with Gasteiger partial charge in [-0.2, -0.15) is 0 Å². The Labute approximate surface area is 139 Å². The molecular weight excluding hydrogens is 306 g/mol. The summed E-state index contributed by atoms with van der Waals surface area (Å²) in [6.07, 6.45) is -1.08. The summed E-state index contributed by atoms with van der Waals surface area (Å²) in [6, 6.07) is 16.3. The highest BCUT2D eigenvalue weighted by atomic mass is 16.7. The number of para-hydroxylation sites is 1. The highest BCUT2D eigenvalue weighted by molar-refractivity contribution is 5.94. The molecule has 3 rings (SSSR count). The number of esters is 2. The zero-order valence-corrected chi connectivity index (χ0v) is 13.4. The summed E-state index contributed by atoms with van der Waals surface area (Å²) in [5.41, 5.74) is 3.05. The van der Waals surface area contributed by atoms with E-state index >= 15 is 0 Å². The number of hydrogen-bond donors (Lipinski definition) is 1. The monoisotopic (exact) mass is 323 g/mol. The van der Waals surface area contributed by atoms with Crippen molar-refractivity contribution in [2.24, 2.45) is 0 Å². The first-order valence-corrected chi connectivity index (χ1v) is 7.56. The van der Waals surface area contributed by atoms with Gasteiger partial charge in [0.15, 0.2) is 0 Å². The number of cyclic esters (lactones) is 1. The SMILES string of the molecule is CC1=C(Nc2ccccc2)C(OC(=O)c2ccc(C)cc2)OC1=O. The van der Waals surface area contributed by atoms with E-state index in [1.165, 1.54) is 0 Å². The fourth-order valence-corrected chi connectivity index (χ4v) is 2.30. The van der Waals surface area contributed by atoms with Crippen LogP contribution in [-0.4, -0.2) is 18.2 Å². The number of rotatable bonds is 4. The molecule has 1 atom stereocenters. The third-order valence-electron chi connectivity index (χ3n) is 3.71. The largest absolute Gasteiger partial charge is 0.416 e. The fourth-order valence-electron chi connectivity index (χ4n) is 2.30. The van der Waals surface area contributed by atoms with Crippen LogP contribution in [0.4, 0.5) is 5.69 Å². The molecular formula is C19H17NO4. The number of ether oxygens (including phenoxy) is 2. The highest BCUT2D eigenvalue weighted by Crippen LogP contribution is 2.26. The number of carbonyl (C=O) groups is 2. The van der Waals surface area contributed by atoms with Gasteiger partial charge in [0.05, 0.1) is 11.1 Å². The first-order valence-electron chi connectivity index (χ1n) is 7.56. The van der Waals surface area contributed by atoms with Crippen LogP contribution in [0, 0.1) is 6.92 Å². The van der Waals surface area contributed by atoms with Gasteiger partial charge < -0.3 is 14.8 Å². The smallest absolute Gasteiger partial charge is 0.341 e. The number of hydrogen-bond acceptors (Lipinski definition) is 5. The Balaban J connectivity index is 1.78. The highest BCUT2D eigenvalue weighted by Gasteiger charge is 2.35. The molecule has 0 aromatic heterocycles. The summed E-state index contributed by atoms with van der Waals surface area (Å²) in [7, 11) is 0. The summed E-state index contributed by atoms with van der Waals surface area (Å²) >= 11 is 0. The van der Waals surface area contributed by atoms with Crippen molar-refractivity contribution < 1.29 is 19.1 Å². The van der Waals surface area contributed by atoms with Gasteiger partial charge in [-0.15, -0.1) is 0 Å². The fraction of sp³-hybridized carbons (Fsp3) is 0.158. The van der Waals surface area contributed by atoms with Gasteiger partial charge >= 0.3 is 11.9 Å². The molecule has 122 valence electrons. The number of benzene rings is 2. The number of carbonyl (C=O) groups excluding carboxylic acids is 2. The first kappa shape index (κ1) is 15.8.